The van der Waals surface area contributed by atoms with Crippen molar-refractivity contribution >= 4 is 35.4 Å². The summed E-state index contributed by atoms with van der Waals surface area (Å²) in [4.78, 5) is 42.3. The van der Waals surface area contributed by atoms with Crippen molar-refractivity contribution in [3.05, 3.63) is 54.1 Å². The lowest BCUT2D eigenvalue weighted by Crippen LogP contribution is -2.58. The molecule has 0 aliphatic carbocycles. The predicted molar refractivity (Wildman–Crippen MR) is 155 cm³/mol. The van der Waals surface area contributed by atoms with E-state index in [1.807, 2.05) is 27.0 Å². The van der Waals surface area contributed by atoms with Crippen molar-refractivity contribution in [2.24, 2.45) is 0 Å². The van der Waals surface area contributed by atoms with Gasteiger partial charge in [0.25, 0.3) is 5.91 Å². The van der Waals surface area contributed by atoms with E-state index in [-0.39, 0.29) is 5.75 Å². The largest absolute Gasteiger partial charge is 0.508 e. The molecular formula is C29H41N3O6S. The predicted octanol–water partition coefficient (Wildman–Crippen LogP) is 5.35. The SMILES string of the molecule is COc1ccc(NC(=O)C(c2cccc(O)c2)N(C(=O)C(CCSC)NC(=O)OC(C)(C)C)C(C)(C)C)cc1. The summed E-state index contributed by atoms with van der Waals surface area (Å²) in [7, 11) is 1.55. The first-order valence-electron chi connectivity index (χ1n) is 12.7. The van der Waals surface area contributed by atoms with Crippen molar-refractivity contribution in [3.63, 3.8) is 0 Å². The second-order valence-electron chi connectivity index (χ2n) is 11.1. The molecule has 9 nitrogen and oxygen atoms in total. The average Bonchev–Trinajstić information content (AvgIpc) is 2.83. The molecule has 0 heterocycles. The molecule has 0 aromatic heterocycles. The lowest BCUT2D eigenvalue weighted by atomic mass is 9.95. The first-order valence-corrected chi connectivity index (χ1v) is 14.1. The number of ether oxygens (including phenoxy) is 2. The summed E-state index contributed by atoms with van der Waals surface area (Å²) in [5.41, 5.74) is -0.663. The van der Waals surface area contributed by atoms with Crippen LogP contribution in [0, 0.1) is 0 Å². The normalized spacial score (nSPS) is 13.1. The van der Waals surface area contributed by atoms with Crippen LogP contribution < -0.4 is 15.4 Å². The van der Waals surface area contributed by atoms with Gasteiger partial charge in [-0.2, -0.15) is 11.8 Å². The Morgan fingerprint density at radius 1 is 1.03 bits per heavy atom. The maximum atomic E-state index is 14.2. The Morgan fingerprint density at radius 2 is 1.67 bits per heavy atom. The van der Waals surface area contributed by atoms with Crippen molar-refractivity contribution < 1.29 is 29.0 Å². The molecule has 10 heteroatoms. The Kier molecular flexibility index (Phi) is 11.1. The number of amides is 3. The van der Waals surface area contributed by atoms with Crippen LogP contribution >= 0.6 is 11.8 Å². The van der Waals surface area contributed by atoms with Crippen LogP contribution in [0.3, 0.4) is 0 Å². The summed E-state index contributed by atoms with van der Waals surface area (Å²) in [6.45, 7) is 10.7. The molecule has 39 heavy (non-hydrogen) atoms. The lowest BCUT2D eigenvalue weighted by molar-refractivity contribution is -0.146. The van der Waals surface area contributed by atoms with Gasteiger partial charge in [0.05, 0.1) is 7.11 Å². The second-order valence-corrected chi connectivity index (χ2v) is 12.1. The van der Waals surface area contributed by atoms with E-state index < -0.39 is 41.1 Å². The first-order chi connectivity index (χ1) is 18.2. The third-order valence-corrected chi connectivity index (χ3v) is 6.25. The Morgan fingerprint density at radius 3 is 2.18 bits per heavy atom. The van der Waals surface area contributed by atoms with Gasteiger partial charge in [-0.05, 0) is 102 Å². The fourth-order valence-electron chi connectivity index (χ4n) is 3.95. The van der Waals surface area contributed by atoms with E-state index in [1.165, 1.54) is 28.8 Å². The summed E-state index contributed by atoms with van der Waals surface area (Å²) in [5.74, 6) is 0.269. The average molecular weight is 560 g/mol. The number of nitrogens with one attached hydrogen (secondary N) is 2. The highest BCUT2D eigenvalue weighted by Crippen LogP contribution is 2.33. The quantitative estimate of drug-likeness (QED) is 0.359. The minimum absolute atomic E-state index is 0.0399. The number of carbonyl (C=O) groups is 3. The smallest absolute Gasteiger partial charge is 0.408 e. The fourth-order valence-corrected chi connectivity index (χ4v) is 4.42. The minimum atomic E-state index is -1.12. The molecule has 0 bridgehead atoms. The molecule has 0 radical (unpaired) electrons. The lowest BCUT2D eigenvalue weighted by Gasteiger charge is -2.43. The van der Waals surface area contributed by atoms with Crippen LogP contribution in [0.15, 0.2) is 48.5 Å². The molecule has 0 saturated heterocycles. The number of nitrogens with zero attached hydrogens (tertiary/aromatic N) is 1. The number of thioether (sulfide) groups is 1. The number of aromatic hydroxyl groups is 1. The summed E-state index contributed by atoms with van der Waals surface area (Å²) >= 11 is 1.54. The van der Waals surface area contributed by atoms with Gasteiger partial charge in [-0.25, -0.2) is 4.79 Å². The summed E-state index contributed by atoms with van der Waals surface area (Å²) < 4.78 is 10.6. The van der Waals surface area contributed by atoms with Gasteiger partial charge in [0.2, 0.25) is 5.91 Å². The number of carbonyl (C=O) groups excluding carboxylic acids is 3. The van der Waals surface area contributed by atoms with Gasteiger partial charge in [0, 0.05) is 11.2 Å². The first kappa shape index (κ1) is 31.8. The Hall–Kier alpha value is -3.40. The number of hydrogen-bond donors (Lipinski definition) is 3. The Labute approximate surface area is 235 Å². The van der Waals surface area contributed by atoms with Gasteiger partial charge in [-0.15, -0.1) is 0 Å². The van der Waals surface area contributed by atoms with Crippen LogP contribution in [0.25, 0.3) is 0 Å². The number of benzene rings is 2. The number of hydrogen-bond acceptors (Lipinski definition) is 7. The molecule has 2 rings (SSSR count). The van der Waals surface area contributed by atoms with Gasteiger partial charge in [0.1, 0.15) is 29.2 Å². The van der Waals surface area contributed by atoms with E-state index in [2.05, 4.69) is 10.6 Å². The molecule has 2 atom stereocenters. The third kappa shape index (κ3) is 9.69. The highest BCUT2D eigenvalue weighted by molar-refractivity contribution is 7.98. The highest BCUT2D eigenvalue weighted by Gasteiger charge is 2.42. The summed E-state index contributed by atoms with van der Waals surface area (Å²) in [6, 6.07) is 11.0. The summed E-state index contributed by atoms with van der Waals surface area (Å²) in [5, 5.41) is 15.8. The third-order valence-electron chi connectivity index (χ3n) is 5.61. The van der Waals surface area contributed by atoms with Crippen molar-refractivity contribution in [1.29, 1.82) is 0 Å². The van der Waals surface area contributed by atoms with Crippen LogP contribution in [0.5, 0.6) is 11.5 Å². The Bertz CT molecular complexity index is 1130. The number of alkyl carbamates (subject to hydrolysis) is 1. The maximum Gasteiger partial charge on any atom is 0.408 e. The number of phenols is 1. The van der Waals surface area contributed by atoms with Crippen molar-refractivity contribution in [1.82, 2.24) is 10.2 Å². The molecule has 3 amide bonds. The highest BCUT2D eigenvalue weighted by atomic mass is 32.2. The van der Waals surface area contributed by atoms with Crippen molar-refractivity contribution in [2.45, 2.75) is 71.2 Å². The Balaban J connectivity index is 2.55. The van der Waals surface area contributed by atoms with Gasteiger partial charge in [0.15, 0.2) is 0 Å². The van der Waals surface area contributed by atoms with Gasteiger partial charge >= 0.3 is 6.09 Å². The van der Waals surface area contributed by atoms with E-state index >= 15 is 0 Å². The fraction of sp³-hybridized carbons (Fsp3) is 0.483. The standard InChI is InChI=1S/C29H41N3O6S/c1-28(2,3)32(26(35)23(16-17-39-8)31-27(36)38-29(4,5)6)24(19-10-9-11-21(33)18-19)25(34)30-20-12-14-22(37-7)15-13-20/h9-15,18,23-24,33H,16-17H2,1-8H3,(H,30,34)(H,31,36). The monoisotopic (exact) mass is 559 g/mol. The van der Waals surface area contributed by atoms with Gasteiger partial charge < -0.3 is 30.1 Å². The van der Waals surface area contributed by atoms with Crippen LogP contribution in [0.4, 0.5) is 10.5 Å². The van der Waals surface area contributed by atoms with Crippen LogP contribution in [0.1, 0.15) is 59.6 Å². The molecule has 2 aromatic carbocycles. The zero-order valence-electron chi connectivity index (χ0n) is 24.0. The zero-order chi connectivity index (χ0) is 29.4. The molecule has 2 aromatic rings. The van der Waals surface area contributed by atoms with Crippen LogP contribution in [-0.4, -0.2) is 64.2 Å². The molecular weight excluding hydrogens is 518 g/mol. The second kappa shape index (κ2) is 13.6. The number of rotatable bonds is 10. The van der Waals surface area contributed by atoms with E-state index in [9.17, 15) is 19.5 Å². The van der Waals surface area contributed by atoms with Crippen LogP contribution in [-0.2, 0) is 14.3 Å². The van der Waals surface area contributed by atoms with Crippen LogP contribution in [0.2, 0.25) is 0 Å². The number of phenolic OH excluding ortho intramolecular Hbond substituents is 1. The van der Waals surface area contributed by atoms with E-state index in [1.54, 1.807) is 64.3 Å². The number of methoxy groups -OCH3 is 1. The molecule has 0 fully saturated rings. The van der Waals surface area contributed by atoms with E-state index in [0.717, 1.165) is 0 Å². The molecule has 3 N–H and O–H groups in total. The molecule has 2 unspecified atom stereocenters. The minimum Gasteiger partial charge on any atom is -0.508 e. The zero-order valence-corrected chi connectivity index (χ0v) is 24.8. The van der Waals surface area contributed by atoms with Gasteiger partial charge in [-0.3, -0.25) is 9.59 Å². The molecule has 0 saturated carbocycles. The number of anilines is 1. The molecule has 0 aliphatic heterocycles. The van der Waals surface area contributed by atoms with Crippen molar-refractivity contribution in [2.75, 3.05) is 24.4 Å². The maximum absolute atomic E-state index is 14.2. The van der Waals surface area contributed by atoms with Crippen molar-refractivity contribution in [3.8, 4) is 11.5 Å². The van der Waals surface area contributed by atoms with Gasteiger partial charge in [-0.1, -0.05) is 12.1 Å². The summed E-state index contributed by atoms with van der Waals surface area (Å²) in [6.07, 6.45) is 1.53. The molecule has 214 valence electrons. The van der Waals surface area contributed by atoms with E-state index in [4.69, 9.17) is 9.47 Å². The molecule has 0 spiro atoms. The molecule has 0 aliphatic rings. The van der Waals surface area contributed by atoms with E-state index in [0.29, 0.717) is 29.2 Å². The topological polar surface area (TPSA) is 117 Å².